The van der Waals surface area contributed by atoms with Gasteiger partial charge < -0.3 is 20.4 Å². The monoisotopic (exact) mass is 446 g/mol. The second kappa shape index (κ2) is 10.2. The van der Waals surface area contributed by atoms with Gasteiger partial charge in [0.15, 0.2) is 0 Å². The van der Waals surface area contributed by atoms with Crippen LogP contribution in [-0.4, -0.2) is 53.8 Å². The van der Waals surface area contributed by atoms with Gasteiger partial charge in [0.2, 0.25) is 5.91 Å². The first kappa shape index (κ1) is 22.4. The van der Waals surface area contributed by atoms with E-state index in [-0.39, 0.29) is 17.9 Å². The average Bonchev–Trinajstić information content (AvgIpc) is 3.26. The number of likely N-dealkylation sites (tertiary alicyclic amines) is 1. The minimum Gasteiger partial charge on any atom is -0.378 e. The number of urea groups is 1. The van der Waals surface area contributed by atoms with Crippen molar-refractivity contribution in [2.24, 2.45) is 5.92 Å². The molecule has 0 unspecified atom stereocenters. The number of hydrogen-bond donors (Lipinski definition) is 2. The summed E-state index contributed by atoms with van der Waals surface area (Å²) in [5.74, 6) is 0.525. The topological polar surface area (TPSA) is 82.5 Å². The Morgan fingerprint density at radius 1 is 0.970 bits per heavy atom. The molecule has 1 aliphatic rings. The molecule has 1 aliphatic heterocycles. The summed E-state index contributed by atoms with van der Waals surface area (Å²) in [4.78, 5) is 29.2. The molecule has 2 heterocycles. The zero-order valence-corrected chi connectivity index (χ0v) is 19.1. The molecular weight excluding hydrogens is 416 g/mol. The SMILES string of the molecule is CN(C)c1ccc(Cn2nccc2NC(=O)C2CCN(C(=O)Nc3ccccc3)CC2)cc1. The van der Waals surface area contributed by atoms with Gasteiger partial charge in [0.1, 0.15) is 5.82 Å². The van der Waals surface area contributed by atoms with E-state index >= 15 is 0 Å². The molecule has 8 heteroatoms. The number of aromatic nitrogens is 2. The second-order valence-electron chi connectivity index (χ2n) is 8.48. The third-order valence-corrected chi connectivity index (χ3v) is 5.93. The second-order valence-corrected chi connectivity index (χ2v) is 8.48. The summed E-state index contributed by atoms with van der Waals surface area (Å²) in [5.41, 5.74) is 3.01. The van der Waals surface area contributed by atoms with Crippen molar-refractivity contribution in [2.45, 2.75) is 19.4 Å². The third kappa shape index (κ3) is 5.71. The highest BCUT2D eigenvalue weighted by molar-refractivity contribution is 5.92. The number of hydrogen-bond acceptors (Lipinski definition) is 4. The third-order valence-electron chi connectivity index (χ3n) is 5.93. The smallest absolute Gasteiger partial charge is 0.321 e. The summed E-state index contributed by atoms with van der Waals surface area (Å²) < 4.78 is 1.80. The van der Waals surface area contributed by atoms with Crippen LogP contribution in [-0.2, 0) is 11.3 Å². The number of nitrogens with one attached hydrogen (secondary N) is 2. The lowest BCUT2D eigenvalue weighted by atomic mass is 9.96. The van der Waals surface area contributed by atoms with E-state index in [1.807, 2.05) is 50.5 Å². The van der Waals surface area contributed by atoms with Crippen molar-refractivity contribution >= 4 is 29.1 Å². The minimum absolute atomic E-state index is 0.0252. The number of para-hydroxylation sites is 1. The van der Waals surface area contributed by atoms with Crippen molar-refractivity contribution in [3.63, 3.8) is 0 Å². The van der Waals surface area contributed by atoms with Crippen LogP contribution in [0.5, 0.6) is 0 Å². The number of carbonyl (C=O) groups is 2. The lowest BCUT2D eigenvalue weighted by Crippen LogP contribution is -2.43. The zero-order chi connectivity index (χ0) is 23.2. The number of benzene rings is 2. The van der Waals surface area contributed by atoms with E-state index in [9.17, 15) is 9.59 Å². The lowest BCUT2D eigenvalue weighted by molar-refractivity contribution is -0.121. The summed E-state index contributed by atoms with van der Waals surface area (Å²) >= 11 is 0. The molecule has 2 N–H and O–H groups in total. The fraction of sp³-hybridized carbons (Fsp3) is 0.320. The van der Waals surface area contributed by atoms with Crippen LogP contribution >= 0.6 is 0 Å². The summed E-state index contributed by atoms with van der Waals surface area (Å²) in [6, 6.07) is 19.4. The van der Waals surface area contributed by atoms with Gasteiger partial charge in [-0.3, -0.25) is 4.79 Å². The van der Waals surface area contributed by atoms with Crippen LogP contribution in [0.15, 0.2) is 66.9 Å². The number of nitrogens with zero attached hydrogens (tertiary/aromatic N) is 4. The van der Waals surface area contributed by atoms with Crippen LogP contribution in [0.4, 0.5) is 22.0 Å². The molecule has 33 heavy (non-hydrogen) atoms. The highest BCUT2D eigenvalue weighted by Gasteiger charge is 2.28. The van der Waals surface area contributed by atoms with Crippen LogP contribution in [0.3, 0.4) is 0 Å². The van der Waals surface area contributed by atoms with Gasteiger partial charge in [-0.1, -0.05) is 30.3 Å². The van der Waals surface area contributed by atoms with Crippen molar-refractivity contribution in [2.75, 3.05) is 42.7 Å². The fourth-order valence-corrected chi connectivity index (χ4v) is 3.93. The summed E-state index contributed by atoms with van der Waals surface area (Å²) in [6.07, 6.45) is 2.96. The predicted molar refractivity (Wildman–Crippen MR) is 130 cm³/mol. The molecule has 1 saturated heterocycles. The first-order chi connectivity index (χ1) is 16.0. The van der Waals surface area contributed by atoms with Crippen LogP contribution in [0, 0.1) is 5.92 Å². The van der Waals surface area contributed by atoms with Crippen LogP contribution < -0.4 is 15.5 Å². The maximum atomic E-state index is 12.9. The Morgan fingerprint density at radius 2 is 1.67 bits per heavy atom. The first-order valence-electron chi connectivity index (χ1n) is 11.2. The van der Waals surface area contributed by atoms with E-state index < -0.39 is 0 Å². The molecule has 0 bridgehead atoms. The molecule has 1 aromatic heterocycles. The predicted octanol–water partition coefficient (Wildman–Crippen LogP) is 3.88. The highest BCUT2D eigenvalue weighted by Crippen LogP contribution is 2.21. The van der Waals surface area contributed by atoms with Crippen molar-refractivity contribution in [3.8, 4) is 0 Å². The van der Waals surface area contributed by atoms with Crippen molar-refractivity contribution < 1.29 is 9.59 Å². The molecule has 1 fully saturated rings. The molecule has 0 saturated carbocycles. The molecule has 0 spiro atoms. The molecule has 8 nitrogen and oxygen atoms in total. The van der Waals surface area contributed by atoms with Gasteiger partial charge in [0.05, 0.1) is 12.7 Å². The van der Waals surface area contributed by atoms with Gasteiger partial charge in [0, 0.05) is 50.5 Å². The summed E-state index contributed by atoms with van der Waals surface area (Å²) in [7, 11) is 4.02. The Kier molecular flexibility index (Phi) is 6.92. The van der Waals surface area contributed by atoms with E-state index in [4.69, 9.17) is 0 Å². The molecule has 3 aromatic rings. The number of anilines is 3. The number of piperidine rings is 1. The zero-order valence-electron chi connectivity index (χ0n) is 19.1. The Hall–Kier alpha value is -3.81. The Bertz CT molecular complexity index is 1070. The van der Waals surface area contributed by atoms with E-state index in [1.54, 1.807) is 15.8 Å². The van der Waals surface area contributed by atoms with Crippen molar-refractivity contribution in [1.29, 1.82) is 0 Å². The van der Waals surface area contributed by atoms with Gasteiger partial charge in [-0.25, -0.2) is 9.48 Å². The van der Waals surface area contributed by atoms with Gasteiger partial charge in [0.25, 0.3) is 0 Å². The van der Waals surface area contributed by atoms with Gasteiger partial charge in [-0.05, 0) is 42.7 Å². The standard InChI is InChI=1S/C25H30N6O2/c1-29(2)22-10-8-19(9-11-22)18-31-23(12-15-26-31)28-24(32)20-13-16-30(17-14-20)25(33)27-21-6-4-3-5-7-21/h3-12,15,20H,13-14,16-18H2,1-2H3,(H,27,33)(H,28,32). The Balaban J connectivity index is 1.29. The van der Waals surface area contributed by atoms with E-state index in [2.05, 4.69) is 44.9 Å². The first-order valence-corrected chi connectivity index (χ1v) is 11.2. The van der Waals surface area contributed by atoms with Crippen molar-refractivity contribution in [1.82, 2.24) is 14.7 Å². The number of amides is 3. The average molecular weight is 447 g/mol. The normalized spacial score (nSPS) is 14.1. The molecular formula is C25H30N6O2. The quantitative estimate of drug-likeness (QED) is 0.602. The van der Waals surface area contributed by atoms with Gasteiger partial charge in [-0.2, -0.15) is 5.10 Å². The molecule has 0 radical (unpaired) electrons. The summed E-state index contributed by atoms with van der Waals surface area (Å²) in [6.45, 7) is 1.68. The molecule has 3 amide bonds. The van der Waals surface area contributed by atoms with Gasteiger partial charge >= 0.3 is 6.03 Å². The van der Waals surface area contributed by atoms with Crippen LogP contribution in [0.25, 0.3) is 0 Å². The largest absolute Gasteiger partial charge is 0.378 e. The fourth-order valence-electron chi connectivity index (χ4n) is 3.93. The number of rotatable bonds is 6. The van der Waals surface area contributed by atoms with Gasteiger partial charge in [-0.15, -0.1) is 0 Å². The molecule has 2 aromatic carbocycles. The molecule has 0 aliphatic carbocycles. The highest BCUT2D eigenvalue weighted by atomic mass is 16.2. The van der Waals surface area contributed by atoms with E-state index in [1.165, 1.54) is 0 Å². The Morgan fingerprint density at radius 3 is 2.33 bits per heavy atom. The van der Waals surface area contributed by atoms with Crippen LogP contribution in [0.1, 0.15) is 18.4 Å². The Labute approximate surface area is 194 Å². The molecule has 172 valence electrons. The maximum Gasteiger partial charge on any atom is 0.321 e. The lowest BCUT2D eigenvalue weighted by Gasteiger charge is -2.31. The number of carbonyl (C=O) groups excluding carboxylic acids is 2. The van der Waals surface area contributed by atoms with Crippen LogP contribution in [0.2, 0.25) is 0 Å². The summed E-state index contributed by atoms with van der Waals surface area (Å²) in [5, 5.41) is 10.3. The van der Waals surface area contributed by atoms with E-state index in [0.29, 0.717) is 38.3 Å². The molecule has 0 atom stereocenters. The molecule has 4 rings (SSSR count). The maximum absolute atomic E-state index is 12.9. The van der Waals surface area contributed by atoms with E-state index in [0.717, 1.165) is 16.9 Å². The van der Waals surface area contributed by atoms with Crippen molar-refractivity contribution in [3.05, 3.63) is 72.4 Å². The minimum atomic E-state index is -0.131.